The van der Waals surface area contributed by atoms with E-state index >= 15 is 0 Å². The summed E-state index contributed by atoms with van der Waals surface area (Å²) in [6.45, 7) is 6.96. The molecule has 0 spiro atoms. The number of benzene rings is 2. The summed E-state index contributed by atoms with van der Waals surface area (Å²) in [5.74, 6) is -0.617. The summed E-state index contributed by atoms with van der Waals surface area (Å²) in [5.41, 5.74) is 3.69. The minimum atomic E-state index is -3.87. The normalized spacial score (nSPS) is 12.6. The molecule has 0 fully saturated rings. The SMILES string of the molecule is CCN(CC(=O)N[C@@H](Cc1ccc(C)cc1C)OB(O)O)S(=O)(=O)c1cccc(C)c1. The zero-order chi connectivity index (χ0) is 23.2. The van der Waals surface area contributed by atoms with Crippen molar-refractivity contribution in [3.05, 3.63) is 64.7 Å². The number of nitrogens with one attached hydrogen (secondary N) is 1. The highest BCUT2D eigenvalue weighted by Gasteiger charge is 2.27. The van der Waals surface area contributed by atoms with Crippen LogP contribution in [0.1, 0.15) is 29.2 Å². The molecule has 31 heavy (non-hydrogen) atoms. The molecule has 0 radical (unpaired) electrons. The topological polar surface area (TPSA) is 116 Å². The first kappa shape index (κ1) is 25.0. The van der Waals surface area contributed by atoms with Crippen LogP contribution >= 0.6 is 0 Å². The quantitative estimate of drug-likeness (QED) is 0.373. The molecule has 2 aromatic rings. The number of carbonyl (C=O) groups excluding carboxylic acids is 1. The third-order valence-electron chi connectivity index (χ3n) is 4.81. The van der Waals surface area contributed by atoms with Crippen LogP contribution in [0.2, 0.25) is 0 Å². The van der Waals surface area contributed by atoms with Gasteiger partial charge in [-0.2, -0.15) is 4.31 Å². The largest absolute Gasteiger partial charge is 0.635 e. The van der Waals surface area contributed by atoms with Crippen LogP contribution < -0.4 is 5.32 Å². The second-order valence-corrected chi connectivity index (χ2v) is 9.34. The molecule has 10 heteroatoms. The van der Waals surface area contributed by atoms with Crippen LogP contribution in [0, 0.1) is 20.8 Å². The van der Waals surface area contributed by atoms with Gasteiger partial charge in [0.1, 0.15) is 6.23 Å². The summed E-state index contributed by atoms with van der Waals surface area (Å²) >= 11 is 0. The number of hydrogen-bond acceptors (Lipinski definition) is 6. The van der Waals surface area contributed by atoms with Gasteiger partial charge in [-0.1, -0.05) is 42.8 Å². The highest BCUT2D eigenvalue weighted by Crippen LogP contribution is 2.17. The second-order valence-electron chi connectivity index (χ2n) is 7.40. The monoisotopic (exact) mass is 448 g/mol. The van der Waals surface area contributed by atoms with Crippen LogP contribution in [-0.2, 0) is 25.9 Å². The standard InChI is InChI=1S/C21H29BN2O6S/c1-5-24(31(28,29)19-8-6-7-15(2)12-19)14-20(25)23-21(30-22(26)27)13-18-10-9-16(3)11-17(18)4/h6-12,21,26-27H,5,13-14H2,1-4H3,(H,23,25)/t21-/m1/s1. The Bertz CT molecular complexity index is 1010. The molecule has 0 saturated heterocycles. The number of hydrogen-bond donors (Lipinski definition) is 3. The average Bonchev–Trinajstić information content (AvgIpc) is 2.67. The summed E-state index contributed by atoms with van der Waals surface area (Å²) in [6.07, 6.45) is -0.860. The predicted octanol–water partition coefficient (Wildman–Crippen LogP) is 1.29. The van der Waals surface area contributed by atoms with Crippen LogP contribution in [0.5, 0.6) is 0 Å². The fourth-order valence-electron chi connectivity index (χ4n) is 3.23. The number of sulfonamides is 1. The lowest BCUT2D eigenvalue weighted by molar-refractivity contribution is -0.124. The van der Waals surface area contributed by atoms with E-state index in [-0.39, 0.29) is 17.9 Å². The molecule has 0 saturated carbocycles. The van der Waals surface area contributed by atoms with Crippen molar-refractivity contribution < 1.29 is 27.9 Å². The zero-order valence-electron chi connectivity index (χ0n) is 18.2. The van der Waals surface area contributed by atoms with E-state index in [9.17, 15) is 23.3 Å². The van der Waals surface area contributed by atoms with E-state index in [0.29, 0.717) is 0 Å². The lowest BCUT2D eigenvalue weighted by Gasteiger charge is -2.24. The first-order chi connectivity index (χ1) is 14.5. The smallest absolute Gasteiger partial charge is 0.402 e. The van der Waals surface area contributed by atoms with E-state index in [0.717, 1.165) is 26.6 Å². The van der Waals surface area contributed by atoms with Crippen LogP contribution in [0.25, 0.3) is 0 Å². The van der Waals surface area contributed by atoms with E-state index < -0.39 is 36.0 Å². The Morgan fingerprint density at radius 2 is 1.81 bits per heavy atom. The summed E-state index contributed by atoms with van der Waals surface area (Å²) in [7, 11) is -5.95. The van der Waals surface area contributed by atoms with Crippen LogP contribution in [0.3, 0.4) is 0 Å². The molecule has 1 atom stereocenters. The van der Waals surface area contributed by atoms with E-state index in [4.69, 9.17) is 4.65 Å². The van der Waals surface area contributed by atoms with Crippen molar-refractivity contribution >= 4 is 23.3 Å². The molecule has 168 valence electrons. The molecule has 3 N–H and O–H groups in total. The number of nitrogens with zero attached hydrogens (tertiary/aromatic N) is 1. The number of likely N-dealkylation sites (N-methyl/N-ethyl adjacent to an activating group) is 1. The van der Waals surface area contributed by atoms with E-state index in [2.05, 4.69) is 5.32 Å². The van der Waals surface area contributed by atoms with Gasteiger partial charge in [-0.15, -0.1) is 0 Å². The predicted molar refractivity (Wildman–Crippen MR) is 118 cm³/mol. The number of amides is 1. The van der Waals surface area contributed by atoms with Crippen LogP contribution in [0.4, 0.5) is 0 Å². The highest BCUT2D eigenvalue weighted by atomic mass is 32.2. The van der Waals surface area contributed by atoms with Gasteiger partial charge in [0.2, 0.25) is 15.9 Å². The molecule has 0 aromatic heterocycles. The number of carbonyl (C=O) groups is 1. The molecular weight excluding hydrogens is 419 g/mol. The molecule has 0 heterocycles. The van der Waals surface area contributed by atoms with E-state index in [1.54, 1.807) is 32.0 Å². The maximum Gasteiger partial charge on any atom is 0.635 e. The summed E-state index contributed by atoms with van der Waals surface area (Å²) in [4.78, 5) is 12.7. The van der Waals surface area contributed by atoms with Gasteiger partial charge >= 0.3 is 7.32 Å². The van der Waals surface area contributed by atoms with Gasteiger partial charge in [-0.05, 0) is 49.6 Å². The van der Waals surface area contributed by atoms with E-state index in [1.165, 1.54) is 6.07 Å². The van der Waals surface area contributed by atoms with Crippen LogP contribution in [-0.4, -0.2) is 55.3 Å². The molecule has 2 aromatic carbocycles. The van der Waals surface area contributed by atoms with Gasteiger partial charge in [0.15, 0.2) is 0 Å². The Labute approximate surface area is 184 Å². The molecule has 8 nitrogen and oxygen atoms in total. The first-order valence-corrected chi connectivity index (χ1v) is 11.4. The molecule has 0 aliphatic rings. The minimum absolute atomic E-state index is 0.0922. The maximum atomic E-state index is 12.9. The van der Waals surface area contributed by atoms with Crippen molar-refractivity contribution in [1.82, 2.24) is 9.62 Å². The highest BCUT2D eigenvalue weighted by molar-refractivity contribution is 7.89. The Morgan fingerprint density at radius 3 is 2.39 bits per heavy atom. The van der Waals surface area contributed by atoms with Gasteiger partial charge in [-0.3, -0.25) is 4.79 Å². The number of aryl methyl sites for hydroxylation is 3. The van der Waals surface area contributed by atoms with Crippen LogP contribution in [0.15, 0.2) is 47.4 Å². The van der Waals surface area contributed by atoms with Gasteiger partial charge in [0, 0.05) is 13.0 Å². The molecule has 0 unspecified atom stereocenters. The average molecular weight is 448 g/mol. The van der Waals surface area contributed by atoms with Crippen molar-refractivity contribution in [3.8, 4) is 0 Å². The van der Waals surface area contributed by atoms with Crippen molar-refractivity contribution in [3.63, 3.8) is 0 Å². The molecule has 0 aliphatic heterocycles. The van der Waals surface area contributed by atoms with Gasteiger partial charge in [0.05, 0.1) is 11.4 Å². The Hall–Kier alpha value is -2.24. The molecular formula is C21H29BN2O6S. The fourth-order valence-corrected chi connectivity index (χ4v) is 4.74. The summed E-state index contributed by atoms with van der Waals surface area (Å²) in [5, 5.41) is 21.0. The number of rotatable bonds is 10. The third-order valence-corrected chi connectivity index (χ3v) is 6.73. The van der Waals surface area contributed by atoms with Gasteiger partial charge in [0.25, 0.3) is 0 Å². The zero-order valence-corrected chi connectivity index (χ0v) is 19.0. The molecule has 0 aliphatic carbocycles. The minimum Gasteiger partial charge on any atom is -0.402 e. The van der Waals surface area contributed by atoms with E-state index in [1.807, 2.05) is 32.0 Å². The van der Waals surface area contributed by atoms with Crippen molar-refractivity contribution in [2.45, 2.75) is 45.2 Å². The van der Waals surface area contributed by atoms with Gasteiger partial charge < -0.3 is 20.0 Å². The van der Waals surface area contributed by atoms with Crippen molar-refractivity contribution in [2.24, 2.45) is 0 Å². The van der Waals surface area contributed by atoms with Crippen molar-refractivity contribution in [1.29, 1.82) is 0 Å². The lowest BCUT2D eigenvalue weighted by atomic mass is 10.0. The van der Waals surface area contributed by atoms with Gasteiger partial charge in [-0.25, -0.2) is 8.42 Å². The van der Waals surface area contributed by atoms with Crippen molar-refractivity contribution in [2.75, 3.05) is 13.1 Å². The summed E-state index contributed by atoms with van der Waals surface area (Å²) < 4.78 is 31.9. The Morgan fingerprint density at radius 1 is 1.13 bits per heavy atom. The lowest BCUT2D eigenvalue weighted by Crippen LogP contribution is -2.47. The maximum absolute atomic E-state index is 12.9. The third kappa shape index (κ3) is 7.15. The molecule has 1 amide bonds. The fraction of sp³-hybridized carbons (Fsp3) is 0.381. The first-order valence-electron chi connectivity index (χ1n) is 9.96. The second kappa shape index (κ2) is 10.9. The summed E-state index contributed by atoms with van der Waals surface area (Å²) in [6, 6.07) is 12.2. The molecule has 2 rings (SSSR count). The Kier molecular flexibility index (Phi) is 8.78. The molecule has 0 bridgehead atoms. The Balaban J connectivity index is 2.14.